The van der Waals surface area contributed by atoms with E-state index >= 15 is 0 Å². The number of hydrogen-bond acceptors (Lipinski definition) is 4. The standard InChI is InChI=1S/C19H21ClN2O3S.ClH/c20-16-6-8-17(9-7-16)26(24,25)13-19(23)22-11-15(10-21)18(12-22)14-4-2-1-3-5-14;/h1-9,15,18H,10-13,21H2;1H/t15-,18+;/m1./s1. The van der Waals surface area contributed by atoms with Crippen LogP contribution in [-0.2, 0) is 14.6 Å². The molecule has 0 saturated carbocycles. The highest BCUT2D eigenvalue weighted by atomic mass is 35.5. The van der Waals surface area contributed by atoms with Crippen molar-refractivity contribution in [2.45, 2.75) is 10.8 Å². The number of nitrogens with zero attached hydrogens (tertiary/aromatic N) is 1. The van der Waals surface area contributed by atoms with Crippen molar-refractivity contribution < 1.29 is 13.2 Å². The maximum atomic E-state index is 12.6. The molecule has 0 bridgehead atoms. The number of hydrogen-bond donors (Lipinski definition) is 1. The molecule has 146 valence electrons. The molecule has 1 fully saturated rings. The summed E-state index contributed by atoms with van der Waals surface area (Å²) in [4.78, 5) is 14.3. The molecule has 3 rings (SSSR count). The largest absolute Gasteiger partial charge is 0.341 e. The summed E-state index contributed by atoms with van der Waals surface area (Å²) in [5.41, 5.74) is 7.01. The predicted octanol–water partition coefficient (Wildman–Crippen LogP) is 2.74. The molecule has 2 aromatic rings. The van der Waals surface area contributed by atoms with Crippen molar-refractivity contribution in [1.29, 1.82) is 0 Å². The molecule has 0 radical (unpaired) electrons. The second kappa shape index (κ2) is 9.06. The summed E-state index contributed by atoms with van der Waals surface area (Å²) < 4.78 is 25.0. The van der Waals surface area contributed by atoms with Crippen LogP contribution in [0.5, 0.6) is 0 Å². The van der Waals surface area contributed by atoms with Crippen LogP contribution in [0, 0.1) is 5.92 Å². The number of carbonyl (C=O) groups is 1. The van der Waals surface area contributed by atoms with E-state index in [-0.39, 0.29) is 29.1 Å². The number of benzene rings is 2. The van der Waals surface area contributed by atoms with Crippen LogP contribution in [0.4, 0.5) is 0 Å². The fraction of sp³-hybridized carbons (Fsp3) is 0.316. The van der Waals surface area contributed by atoms with Gasteiger partial charge in [-0.15, -0.1) is 12.4 Å². The molecule has 0 spiro atoms. The first-order chi connectivity index (χ1) is 12.4. The Balaban J connectivity index is 0.00000261. The van der Waals surface area contributed by atoms with E-state index < -0.39 is 21.5 Å². The maximum absolute atomic E-state index is 12.6. The maximum Gasteiger partial charge on any atom is 0.238 e. The third-order valence-electron chi connectivity index (χ3n) is 4.81. The molecule has 2 N–H and O–H groups in total. The van der Waals surface area contributed by atoms with Gasteiger partial charge in [-0.3, -0.25) is 4.79 Å². The zero-order valence-electron chi connectivity index (χ0n) is 14.6. The Labute approximate surface area is 170 Å². The van der Waals surface area contributed by atoms with Crippen molar-refractivity contribution in [2.75, 3.05) is 25.4 Å². The van der Waals surface area contributed by atoms with Crippen LogP contribution in [0.1, 0.15) is 11.5 Å². The smallest absolute Gasteiger partial charge is 0.238 e. The van der Waals surface area contributed by atoms with Gasteiger partial charge in [0, 0.05) is 24.0 Å². The van der Waals surface area contributed by atoms with Gasteiger partial charge in [0.25, 0.3) is 0 Å². The van der Waals surface area contributed by atoms with Crippen molar-refractivity contribution in [1.82, 2.24) is 4.90 Å². The fourth-order valence-electron chi connectivity index (χ4n) is 3.37. The molecular formula is C19H22Cl2N2O3S. The molecule has 0 unspecified atom stereocenters. The molecule has 5 nitrogen and oxygen atoms in total. The van der Waals surface area contributed by atoms with Crippen LogP contribution in [-0.4, -0.2) is 44.6 Å². The monoisotopic (exact) mass is 428 g/mol. The van der Waals surface area contributed by atoms with Gasteiger partial charge in [0.1, 0.15) is 5.75 Å². The van der Waals surface area contributed by atoms with Crippen molar-refractivity contribution in [3.63, 3.8) is 0 Å². The minimum Gasteiger partial charge on any atom is -0.341 e. The first kappa shape index (κ1) is 21.7. The number of amides is 1. The molecule has 2 aromatic carbocycles. The Kier molecular flexibility index (Phi) is 7.28. The van der Waals surface area contributed by atoms with Crippen molar-refractivity contribution in [2.24, 2.45) is 11.7 Å². The second-order valence-electron chi connectivity index (χ2n) is 6.52. The van der Waals surface area contributed by atoms with Crippen LogP contribution >= 0.6 is 24.0 Å². The molecule has 8 heteroatoms. The Morgan fingerprint density at radius 3 is 2.30 bits per heavy atom. The summed E-state index contributed by atoms with van der Waals surface area (Å²) in [6, 6.07) is 15.7. The van der Waals surface area contributed by atoms with E-state index in [4.69, 9.17) is 17.3 Å². The lowest BCUT2D eigenvalue weighted by atomic mass is 9.89. The summed E-state index contributed by atoms with van der Waals surface area (Å²) in [5, 5.41) is 0.450. The molecule has 1 heterocycles. The van der Waals surface area contributed by atoms with Gasteiger partial charge < -0.3 is 10.6 Å². The van der Waals surface area contributed by atoms with Gasteiger partial charge in [0.2, 0.25) is 5.91 Å². The number of nitrogens with two attached hydrogens (primary N) is 1. The van der Waals surface area contributed by atoms with Gasteiger partial charge in [-0.2, -0.15) is 0 Å². The Hall–Kier alpha value is -1.60. The highest BCUT2D eigenvalue weighted by Gasteiger charge is 2.36. The lowest BCUT2D eigenvalue weighted by Gasteiger charge is -2.17. The summed E-state index contributed by atoms with van der Waals surface area (Å²) >= 11 is 5.80. The molecule has 1 amide bonds. The molecule has 0 aliphatic carbocycles. The van der Waals surface area contributed by atoms with Gasteiger partial charge in [-0.05, 0) is 42.3 Å². The third-order valence-corrected chi connectivity index (χ3v) is 6.68. The minimum absolute atomic E-state index is 0. The number of likely N-dealkylation sites (tertiary alicyclic amines) is 1. The SMILES string of the molecule is Cl.NC[C@@H]1CN(C(=O)CS(=O)(=O)c2ccc(Cl)cc2)C[C@H]1c1ccccc1. The summed E-state index contributed by atoms with van der Waals surface area (Å²) in [6.45, 7) is 1.42. The number of rotatable bonds is 5. The van der Waals surface area contributed by atoms with Crippen LogP contribution < -0.4 is 5.73 Å². The topological polar surface area (TPSA) is 80.5 Å². The third kappa shape index (κ3) is 5.02. The normalized spacial score (nSPS) is 19.6. The minimum atomic E-state index is -3.70. The summed E-state index contributed by atoms with van der Waals surface area (Å²) in [6.07, 6.45) is 0. The molecule has 0 aromatic heterocycles. The lowest BCUT2D eigenvalue weighted by molar-refractivity contribution is -0.127. The molecule has 1 aliphatic rings. The summed E-state index contributed by atoms with van der Waals surface area (Å²) in [7, 11) is -3.70. The van der Waals surface area contributed by atoms with E-state index in [1.807, 2.05) is 30.3 Å². The second-order valence-corrected chi connectivity index (χ2v) is 8.95. The zero-order chi connectivity index (χ0) is 18.7. The average molecular weight is 429 g/mol. The number of carbonyl (C=O) groups excluding carboxylic acids is 1. The number of halogens is 2. The van der Waals surface area contributed by atoms with Crippen molar-refractivity contribution in [3.8, 4) is 0 Å². The highest BCUT2D eigenvalue weighted by molar-refractivity contribution is 7.92. The van der Waals surface area contributed by atoms with Gasteiger partial charge in [-0.1, -0.05) is 41.9 Å². The fourth-order valence-corrected chi connectivity index (χ4v) is 4.72. The van der Waals surface area contributed by atoms with Gasteiger partial charge in [-0.25, -0.2) is 8.42 Å². The van der Waals surface area contributed by atoms with E-state index in [2.05, 4.69) is 0 Å². The molecular weight excluding hydrogens is 407 g/mol. The first-order valence-corrected chi connectivity index (χ1v) is 10.4. The van der Waals surface area contributed by atoms with Crippen LogP contribution in [0.15, 0.2) is 59.5 Å². The molecule has 2 atom stereocenters. The van der Waals surface area contributed by atoms with Gasteiger partial charge in [0.05, 0.1) is 4.90 Å². The van der Waals surface area contributed by atoms with Gasteiger partial charge >= 0.3 is 0 Å². The van der Waals surface area contributed by atoms with E-state index in [0.29, 0.717) is 24.7 Å². The zero-order valence-corrected chi connectivity index (χ0v) is 17.0. The molecule has 1 aliphatic heterocycles. The van der Waals surface area contributed by atoms with E-state index in [9.17, 15) is 13.2 Å². The van der Waals surface area contributed by atoms with Crippen molar-refractivity contribution in [3.05, 3.63) is 65.2 Å². The Bertz CT molecular complexity index is 874. The quantitative estimate of drug-likeness (QED) is 0.793. The van der Waals surface area contributed by atoms with Crippen LogP contribution in [0.2, 0.25) is 5.02 Å². The average Bonchev–Trinajstić information content (AvgIpc) is 3.07. The highest BCUT2D eigenvalue weighted by Crippen LogP contribution is 2.32. The predicted molar refractivity (Wildman–Crippen MR) is 109 cm³/mol. The summed E-state index contributed by atoms with van der Waals surface area (Å²) in [5.74, 6) is -0.687. The number of sulfone groups is 1. The van der Waals surface area contributed by atoms with E-state index in [1.165, 1.54) is 24.3 Å². The lowest BCUT2D eigenvalue weighted by Crippen LogP contribution is -2.34. The van der Waals surface area contributed by atoms with Crippen molar-refractivity contribution >= 4 is 39.8 Å². The van der Waals surface area contributed by atoms with Gasteiger partial charge in [0.15, 0.2) is 9.84 Å². The molecule has 1 saturated heterocycles. The Morgan fingerprint density at radius 2 is 1.70 bits per heavy atom. The van der Waals surface area contributed by atoms with Crippen LogP contribution in [0.25, 0.3) is 0 Å². The van der Waals surface area contributed by atoms with E-state index in [0.717, 1.165) is 5.56 Å². The van der Waals surface area contributed by atoms with Crippen LogP contribution in [0.3, 0.4) is 0 Å². The first-order valence-electron chi connectivity index (χ1n) is 8.42. The van der Waals surface area contributed by atoms with E-state index in [1.54, 1.807) is 4.90 Å². The Morgan fingerprint density at radius 1 is 1.07 bits per heavy atom. The molecule has 27 heavy (non-hydrogen) atoms.